The molecular formula is C22H25N. The fourth-order valence-corrected chi connectivity index (χ4v) is 3.58. The molecule has 0 aliphatic heterocycles. The van der Waals surface area contributed by atoms with Crippen LogP contribution in [-0.2, 0) is 19.9 Å². The lowest BCUT2D eigenvalue weighted by Crippen LogP contribution is -2.11. The molecule has 0 amide bonds. The molecule has 1 nitrogen and oxygen atoms in total. The maximum atomic E-state index is 3.00. The van der Waals surface area contributed by atoms with Crippen LogP contribution < -0.4 is 0 Å². The van der Waals surface area contributed by atoms with Crippen molar-refractivity contribution in [1.29, 1.82) is 0 Å². The number of benzene rings is 2. The van der Waals surface area contributed by atoms with Gasteiger partial charge in [0.1, 0.15) is 0 Å². The minimum Gasteiger partial charge on any atom is -0.351 e. The van der Waals surface area contributed by atoms with Gasteiger partial charge in [0.15, 0.2) is 0 Å². The molecule has 0 radical (unpaired) electrons. The first-order valence-electron chi connectivity index (χ1n) is 8.38. The zero-order chi connectivity index (χ0) is 16.4. The van der Waals surface area contributed by atoms with Crippen LogP contribution in [0.3, 0.4) is 0 Å². The number of nitrogens with zero attached hydrogens (tertiary/aromatic N) is 1. The molecule has 2 aromatic carbocycles. The molecule has 0 spiro atoms. The third kappa shape index (κ3) is 2.96. The third-order valence-corrected chi connectivity index (χ3v) is 4.90. The van der Waals surface area contributed by atoms with Crippen LogP contribution in [0.5, 0.6) is 0 Å². The van der Waals surface area contributed by atoms with E-state index in [-0.39, 0.29) is 0 Å². The van der Waals surface area contributed by atoms with Crippen LogP contribution in [0.1, 0.15) is 24.5 Å². The van der Waals surface area contributed by atoms with Crippen molar-refractivity contribution in [2.45, 2.75) is 26.2 Å². The van der Waals surface area contributed by atoms with Gasteiger partial charge in [-0.05, 0) is 65.6 Å². The van der Waals surface area contributed by atoms with E-state index in [4.69, 9.17) is 0 Å². The Bertz CT molecular complexity index is 825. The Kier molecular flexibility index (Phi) is 4.38. The van der Waals surface area contributed by atoms with Gasteiger partial charge in [0.2, 0.25) is 0 Å². The van der Waals surface area contributed by atoms with Crippen molar-refractivity contribution in [3.05, 3.63) is 72.9 Å². The monoisotopic (exact) mass is 303 g/mol. The molecule has 1 atom stereocenters. The zero-order valence-corrected chi connectivity index (χ0v) is 14.2. The van der Waals surface area contributed by atoms with E-state index in [1.807, 2.05) is 0 Å². The van der Waals surface area contributed by atoms with Crippen molar-refractivity contribution < 1.29 is 0 Å². The summed E-state index contributed by atoms with van der Waals surface area (Å²) >= 11 is 0. The summed E-state index contributed by atoms with van der Waals surface area (Å²) in [7, 11) is 2.10. The molecule has 118 valence electrons. The Balaban J connectivity index is 0.000000753. The van der Waals surface area contributed by atoms with E-state index in [2.05, 4.69) is 80.4 Å². The summed E-state index contributed by atoms with van der Waals surface area (Å²) in [5.41, 5.74) is 7.09. The Hall–Kier alpha value is -2.28. The van der Waals surface area contributed by atoms with E-state index >= 15 is 0 Å². The molecule has 3 aromatic rings. The first-order chi connectivity index (χ1) is 11.2. The van der Waals surface area contributed by atoms with Crippen molar-refractivity contribution in [2.24, 2.45) is 13.0 Å². The summed E-state index contributed by atoms with van der Waals surface area (Å²) < 4.78 is 2.17. The second kappa shape index (κ2) is 6.45. The molecule has 0 saturated carbocycles. The van der Waals surface area contributed by atoms with Gasteiger partial charge in [-0.3, -0.25) is 0 Å². The van der Waals surface area contributed by atoms with Gasteiger partial charge in [-0.25, -0.2) is 0 Å². The van der Waals surface area contributed by atoms with Gasteiger partial charge >= 0.3 is 0 Å². The first-order valence-corrected chi connectivity index (χ1v) is 8.38. The van der Waals surface area contributed by atoms with Crippen LogP contribution in [0.15, 0.2) is 61.8 Å². The zero-order valence-electron chi connectivity index (χ0n) is 14.2. The number of fused-ring (bicyclic) bond motifs is 2. The molecule has 1 aliphatic carbocycles. The lowest BCUT2D eigenvalue weighted by Gasteiger charge is -2.22. The highest BCUT2D eigenvalue weighted by Gasteiger charge is 2.15. The van der Waals surface area contributed by atoms with Crippen molar-refractivity contribution in [2.75, 3.05) is 0 Å². The van der Waals surface area contributed by atoms with Gasteiger partial charge in [-0.1, -0.05) is 31.2 Å². The van der Waals surface area contributed by atoms with E-state index in [0.717, 1.165) is 5.92 Å². The van der Waals surface area contributed by atoms with Crippen molar-refractivity contribution >= 4 is 10.9 Å². The normalized spacial score (nSPS) is 16.5. The van der Waals surface area contributed by atoms with E-state index in [9.17, 15) is 0 Å². The molecule has 0 fully saturated rings. The lowest BCUT2D eigenvalue weighted by atomic mass is 9.83. The predicted molar refractivity (Wildman–Crippen MR) is 101 cm³/mol. The number of hydrogen-bond donors (Lipinski definition) is 0. The Labute approximate surface area is 139 Å². The van der Waals surface area contributed by atoms with Crippen LogP contribution in [0.2, 0.25) is 0 Å². The average Bonchev–Trinajstić information content (AvgIpc) is 2.97. The van der Waals surface area contributed by atoms with Gasteiger partial charge in [0, 0.05) is 24.1 Å². The summed E-state index contributed by atoms with van der Waals surface area (Å²) in [4.78, 5) is 0. The number of aromatic nitrogens is 1. The highest BCUT2D eigenvalue weighted by atomic mass is 14.9. The Morgan fingerprint density at radius 1 is 0.957 bits per heavy atom. The summed E-state index contributed by atoms with van der Waals surface area (Å²) in [6, 6.07) is 16.0. The van der Waals surface area contributed by atoms with Gasteiger partial charge in [0.25, 0.3) is 0 Å². The molecule has 4 rings (SSSR count). The fourth-order valence-electron chi connectivity index (χ4n) is 3.58. The molecule has 1 aliphatic rings. The molecule has 1 unspecified atom stereocenters. The standard InChI is InChI=1S/C20H21N.C2H4/c1-14-3-4-16-12-17(6-5-15(16)11-14)18-7-8-20-19(13-18)9-10-21(20)2;1-2/h5-10,12-14H,3-4,11H2,1-2H3;1-2H2. The van der Waals surface area contributed by atoms with Gasteiger partial charge < -0.3 is 4.57 Å². The third-order valence-electron chi connectivity index (χ3n) is 4.90. The van der Waals surface area contributed by atoms with E-state index < -0.39 is 0 Å². The Morgan fingerprint density at radius 2 is 1.70 bits per heavy atom. The van der Waals surface area contributed by atoms with Crippen LogP contribution in [-0.4, -0.2) is 4.57 Å². The molecule has 0 N–H and O–H groups in total. The minimum absolute atomic E-state index is 0.837. The second-order valence-electron chi connectivity index (χ2n) is 6.53. The van der Waals surface area contributed by atoms with Gasteiger partial charge in [-0.2, -0.15) is 0 Å². The second-order valence-corrected chi connectivity index (χ2v) is 6.53. The fraction of sp³-hybridized carbons (Fsp3) is 0.273. The van der Waals surface area contributed by atoms with Crippen molar-refractivity contribution in [3.63, 3.8) is 0 Å². The molecular weight excluding hydrogens is 278 g/mol. The van der Waals surface area contributed by atoms with Gasteiger partial charge in [0.05, 0.1) is 0 Å². The lowest BCUT2D eigenvalue weighted by molar-refractivity contribution is 0.501. The summed E-state index contributed by atoms with van der Waals surface area (Å²) in [5.74, 6) is 0.837. The maximum absolute atomic E-state index is 3.00. The number of aryl methyl sites for hydroxylation is 2. The predicted octanol–water partition coefficient (Wildman–Crippen LogP) is 5.77. The first kappa shape index (κ1) is 15.6. The number of hydrogen-bond acceptors (Lipinski definition) is 0. The highest BCUT2D eigenvalue weighted by Crippen LogP contribution is 2.31. The molecule has 0 saturated heterocycles. The minimum atomic E-state index is 0.837. The highest BCUT2D eigenvalue weighted by molar-refractivity contribution is 5.85. The summed E-state index contributed by atoms with van der Waals surface area (Å²) in [5, 5.41) is 1.32. The summed E-state index contributed by atoms with van der Waals surface area (Å²) in [6.07, 6.45) is 5.93. The van der Waals surface area contributed by atoms with Gasteiger partial charge in [-0.15, -0.1) is 13.2 Å². The molecule has 1 heterocycles. The Morgan fingerprint density at radius 3 is 2.52 bits per heavy atom. The van der Waals surface area contributed by atoms with E-state index in [0.29, 0.717) is 0 Å². The quantitative estimate of drug-likeness (QED) is 0.503. The largest absolute Gasteiger partial charge is 0.351 e. The van der Waals surface area contributed by atoms with Crippen LogP contribution in [0, 0.1) is 5.92 Å². The number of rotatable bonds is 1. The van der Waals surface area contributed by atoms with Crippen molar-refractivity contribution in [3.8, 4) is 11.1 Å². The maximum Gasteiger partial charge on any atom is 0.0478 e. The molecule has 23 heavy (non-hydrogen) atoms. The molecule has 1 aromatic heterocycles. The topological polar surface area (TPSA) is 4.93 Å². The van der Waals surface area contributed by atoms with E-state index in [1.165, 1.54) is 41.3 Å². The smallest absolute Gasteiger partial charge is 0.0478 e. The summed E-state index contributed by atoms with van der Waals surface area (Å²) in [6.45, 7) is 8.36. The molecule has 1 heteroatoms. The van der Waals surface area contributed by atoms with E-state index in [1.54, 1.807) is 11.1 Å². The average molecular weight is 303 g/mol. The van der Waals surface area contributed by atoms with Crippen molar-refractivity contribution in [1.82, 2.24) is 4.57 Å². The van der Waals surface area contributed by atoms with Crippen LogP contribution in [0.4, 0.5) is 0 Å². The SMILES string of the molecule is C=C.CC1CCc2cc(-c3ccc4c(ccn4C)c3)ccc2C1. The van der Waals surface area contributed by atoms with Crippen LogP contribution in [0.25, 0.3) is 22.0 Å². The molecule has 0 bridgehead atoms. The van der Waals surface area contributed by atoms with Crippen LogP contribution >= 0.6 is 0 Å².